The molecular weight excluding hydrogens is 292 g/mol. The molecule has 2 aromatic carbocycles. The van der Waals surface area contributed by atoms with E-state index in [1.807, 2.05) is 42.5 Å². The highest BCUT2D eigenvalue weighted by atomic mass is 16.6. The Kier molecular flexibility index (Phi) is 5.52. The number of hydrogen-bond donors (Lipinski definition) is 0. The normalized spacial score (nSPS) is 11.6. The molecule has 0 saturated carbocycles. The largest absolute Gasteiger partial charge is 0.493 e. The molecule has 0 N–H and O–H groups in total. The minimum atomic E-state index is -0.426. The Labute approximate surface area is 136 Å². The van der Waals surface area contributed by atoms with Crippen molar-refractivity contribution in [2.45, 2.75) is 26.2 Å². The van der Waals surface area contributed by atoms with Gasteiger partial charge in [0.05, 0.1) is 7.11 Å². The van der Waals surface area contributed by atoms with Crippen LogP contribution in [-0.2, 0) is 9.59 Å². The van der Waals surface area contributed by atoms with Crippen molar-refractivity contribution in [3.8, 4) is 11.5 Å². The van der Waals surface area contributed by atoms with Crippen LogP contribution in [-0.4, -0.2) is 18.9 Å². The highest BCUT2D eigenvalue weighted by molar-refractivity contribution is 5.78. The number of esters is 1. The van der Waals surface area contributed by atoms with Crippen LogP contribution in [0.5, 0.6) is 11.5 Å². The van der Waals surface area contributed by atoms with E-state index in [1.54, 1.807) is 13.0 Å². The van der Waals surface area contributed by atoms with Gasteiger partial charge in [0, 0.05) is 24.8 Å². The quantitative estimate of drug-likeness (QED) is 0.602. The molecule has 0 aromatic heterocycles. The van der Waals surface area contributed by atoms with Crippen LogP contribution in [0.4, 0.5) is 0 Å². The van der Waals surface area contributed by atoms with Crippen LogP contribution >= 0.6 is 0 Å². The molecule has 0 radical (unpaired) electrons. The Bertz CT molecular complexity index is 692. The lowest BCUT2D eigenvalue weighted by Gasteiger charge is -2.21. The van der Waals surface area contributed by atoms with E-state index in [-0.39, 0.29) is 11.7 Å². The maximum absolute atomic E-state index is 11.7. The molecule has 0 aliphatic carbocycles. The third kappa shape index (κ3) is 4.19. The third-order valence-electron chi connectivity index (χ3n) is 3.54. The highest BCUT2D eigenvalue weighted by Gasteiger charge is 2.23. The summed E-state index contributed by atoms with van der Waals surface area (Å²) in [7, 11) is 1.52. The highest BCUT2D eigenvalue weighted by Crippen LogP contribution is 2.40. The first kappa shape index (κ1) is 16.7. The van der Waals surface area contributed by atoms with E-state index in [9.17, 15) is 9.59 Å². The van der Waals surface area contributed by atoms with Crippen molar-refractivity contribution in [1.29, 1.82) is 0 Å². The summed E-state index contributed by atoms with van der Waals surface area (Å²) in [5.41, 5.74) is 1.75. The number of hydrogen-bond acceptors (Lipinski definition) is 4. The van der Waals surface area contributed by atoms with Gasteiger partial charge >= 0.3 is 5.97 Å². The summed E-state index contributed by atoms with van der Waals surface area (Å²) in [5, 5.41) is 0. The van der Waals surface area contributed by atoms with Gasteiger partial charge in [0.15, 0.2) is 11.5 Å². The molecule has 0 aliphatic rings. The van der Waals surface area contributed by atoms with Gasteiger partial charge in [-0.1, -0.05) is 42.5 Å². The van der Waals surface area contributed by atoms with Gasteiger partial charge in [-0.3, -0.25) is 9.59 Å². The molecule has 120 valence electrons. The number of carbonyl (C=O) groups excluding carboxylic acids is 2. The molecule has 0 amide bonds. The number of methoxy groups -OCH3 is 1. The molecular formula is C19H20O4. The number of benzene rings is 2. The summed E-state index contributed by atoms with van der Waals surface area (Å²) >= 11 is 0. The molecule has 0 heterocycles. The molecule has 0 spiro atoms. The Balaban J connectivity index is 2.58. The fraction of sp³-hybridized carbons (Fsp3) is 0.263. The van der Waals surface area contributed by atoms with Crippen LogP contribution in [0.2, 0.25) is 0 Å². The number of ketones is 1. The Hall–Kier alpha value is -2.62. The van der Waals surface area contributed by atoms with Gasteiger partial charge in [-0.15, -0.1) is 0 Å². The molecule has 2 aromatic rings. The van der Waals surface area contributed by atoms with Crippen molar-refractivity contribution in [3.05, 3.63) is 59.7 Å². The van der Waals surface area contributed by atoms with Crippen LogP contribution < -0.4 is 9.47 Å². The van der Waals surface area contributed by atoms with Crippen LogP contribution in [0.3, 0.4) is 0 Å². The van der Waals surface area contributed by atoms with Gasteiger partial charge in [0.1, 0.15) is 5.78 Å². The first-order valence-corrected chi connectivity index (χ1v) is 7.42. The molecule has 0 saturated heterocycles. The van der Waals surface area contributed by atoms with Gasteiger partial charge in [-0.2, -0.15) is 0 Å². The SMILES string of the molecule is COc1cccc(C(CC(C)=O)c2ccccc2)c1OC(C)=O. The first-order valence-electron chi connectivity index (χ1n) is 7.42. The molecule has 23 heavy (non-hydrogen) atoms. The molecule has 1 unspecified atom stereocenters. The molecule has 4 heteroatoms. The smallest absolute Gasteiger partial charge is 0.308 e. The van der Waals surface area contributed by atoms with Crippen molar-refractivity contribution in [2.75, 3.05) is 7.11 Å². The number of carbonyl (C=O) groups is 2. The Morgan fingerprint density at radius 1 is 1.00 bits per heavy atom. The van der Waals surface area contributed by atoms with Crippen molar-refractivity contribution < 1.29 is 19.1 Å². The lowest BCUT2D eigenvalue weighted by Crippen LogP contribution is -2.11. The van der Waals surface area contributed by atoms with E-state index in [4.69, 9.17) is 9.47 Å². The second kappa shape index (κ2) is 7.58. The van der Waals surface area contributed by atoms with Gasteiger partial charge in [-0.25, -0.2) is 0 Å². The van der Waals surface area contributed by atoms with Crippen LogP contribution in [0.15, 0.2) is 48.5 Å². The Morgan fingerprint density at radius 3 is 2.26 bits per heavy atom. The van der Waals surface area contributed by atoms with Crippen LogP contribution in [0.1, 0.15) is 37.3 Å². The molecule has 2 rings (SSSR count). The van der Waals surface area contributed by atoms with E-state index < -0.39 is 5.97 Å². The fourth-order valence-electron chi connectivity index (χ4n) is 2.60. The van der Waals surface area contributed by atoms with Gasteiger partial charge in [0.2, 0.25) is 0 Å². The van der Waals surface area contributed by atoms with Crippen molar-refractivity contribution in [2.24, 2.45) is 0 Å². The van der Waals surface area contributed by atoms with Crippen molar-refractivity contribution >= 4 is 11.8 Å². The zero-order valence-corrected chi connectivity index (χ0v) is 13.5. The standard InChI is InChI=1S/C19H20O4/c1-13(20)12-17(15-8-5-4-6-9-15)16-10-7-11-18(22-3)19(16)23-14(2)21/h4-11,17H,12H2,1-3H3. The number of rotatable bonds is 6. The van der Waals surface area contributed by atoms with Crippen LogP contribution in [0, 0.1) is 0 Å². The molecule has 1 atom stereocenters. The number of para-hydroxylation sites is 1. The second-order valence-corrected chi connectivity index (χ2v) is 5.34. The summed E-state index contributed by atoms with van der Waals surface area (Å²) < 4.78 is 10.7. The zero-order chi connectivity index (χ0) is 16.8. The van der Waals surface area contributed by atoms with Crippen molar-refractivity contribution in [3.63, 3.8) is 0 Å². The summed E-state index contributed by atoms with van der Waals surface area (Å²) in [6, 6.07) is 15.1. The average molecular weight is 312 g/mol. The monoisotopic (exact) mass is 312 g/mol. The lowest BCUT2D eigenvalue weighted by atomic mass is 9.86. The topological polar surface area (TPSA) is 52.6 Å². The van der Waals surface area contributed by atoms with Crippen LogP contribution in [0.25, 0.3) is 0 Å². The molecule has 0 aliphatic heterocycles. The van der Waals surface area contributed by atoms with Gasteiger partial charge < -0.3 is 9.47 Å². The lowest BCUT2D eigenvalue weighted by molar-refractivity contribution is -0.132. The average Bonchev–Trinajstić information content (AvgIpc) is 2.53. The summed E-state index contributed by atoms with van der Waals surface area (Å²) in [6.45, 7) is 2.90. The van der Waals surface area contributed by atoms with E-state index in [1.165, 1.54) is 14.0 Å². The second-order valence-electron chi connectivity index (χ2n) is 5.34. The third-order valence-corrected chi connectivity index (χ3v) is 3.54. The zero-order valence-electron chi connectivity index (χ0n) is 13.5. The summed E-state index contributed by atoms with van der Waals surface area (Å²) in [6.07, 6.45) is 0.325. The van der Waals surface area contributed by atoms with E-state index in [0.29, 0.717) is 17.9 Å². The summed E-state index contributed by atoms with van der Waals surface area (Å²) in [4.78, 5) is 23.2. The predicted octanol–water partition coefficient (Wildman–Crippen LogP) is 3.73. The maximum Gasteiger partial charge on any atom is 0.308 e. The fourth-order valence-corrected chi connectivity index (χ4v) is 2.60. The van der Waals surface area contributed by atoms with Gasteiger partial charge in [-0.05, 0) is 18.6 Å². The van der Waals surface area contributed by atoms with Gasteiger partial charge in [0.25, 0.3) is 0 Å². The minimum Gasteiger partial charge on any atom is -0.493 e. The van der Waals surface area contributed by atoms with Crippen molar-refractivity contribution in [1.82, 2.24) is 0 Å². The Morgan fingerprint density at radius 2 is 1.70 bits per heavy atom. The first-order chi connectivity index (χ1) is 11.0. The van der Waals surface area contributed by atoms with E-state index in [2.05, 4.69) is 0 Å². The van der Waals surface area contributed by atoms with E-state index >= 15 is 0 Å². The number of Topliss-reactive ketones (excluding diaryl/α,β-unsaturated/α-hetero) is 1. The molecule has 0 fully saturated rings. The minimum absolute atomic E-state index is 0.0652. The summed E-state index contributed by atoms with van der Waals surface area (Å²) in [5.74, 6) is 0.291. The molecule has 4 nitrogen and oxygen atoms in total. The van der Waals surface area contributed by atoms with E-state index in [0.717, 1.165) is 11.1 Å². The predicted molar refractivity (Wildman–Crippen MR) is 87.9 cm³/mol. The maximum atomic E-state index is 11.7. The molecule has 0 bridgehead atoms. The number of ether oxygens (including phenoxy) is 2.